The highest BCUT2D eigenvalue weighted by atomic mass is 32.1. The van der Waals surface area contributed by atoms with Crippen molar-refractivity contribution in [3.63, 3.8) is 0 Å². The molecule has 0 saturated carbocycles. The third-order valence-electron chi connectivity index (χ3n) is 2.12. The zero-order valence-corrected chi connectivity index (χ0v) is 9.70. The Bertz CT molecular complexity index is 487. The molecule has 1 aromatic carbocycles. The summed E-state index contributed by atoms with van der Waals surface area (Å²) in [5, 5.41) is 8.96. The molecular weight excluding hydrogens is 226 g/mol. The van der Waals surface area contributed by atoms with Crippen molar-refractivity contribution in [2.75, 3.05) is 6.61 Å². The molecule has 0 unspecified atom stereocenters. The fourth-order valence-corrected chi connectivity index (χ4v) is 2.72. The minimum Gasteiger partial charge on any atom is -0.396 e. The van der Waals surface area contributed by atoms with Crippen molar-refractivity contribution in [3.8, 4) is 11.3 Å². The summed E-state index contributed by atoms with van der Waals surface area (Å²) in [6, 6.07) is 10.0. The first-order valence-corrected chi connectivity index (χ1v) is 5.92. The summed E-state index contributed by atoms with van der Waals surface area (Å²) in [5.74, 6) is 0. The summed E-state index contributed by atoms with van der Waals surface area (Å²) in [6.45, 7) is 0.156. The first-order valence-electron chi connectivity index (χ1n) is 4.69. The van der Waals surface area contributed by atoms with Gasteiger partial charge in [0.15, 0.2) is 3.95 Å². The molecule has 0 atom stereocenters. The minimum absolute atomic E-state index is 0.156. The van der Waals surface area contributed by atoms with Crippen LogP contribution in [0.3, 0.4) is 0 Å². The van der Waals surface area contributed by atoms with Crippen molar-refractivity contribution in [1.82, 2.24) is 4.98 Å². The lowest BCUT2D eigenvalue weighted by Crippen LogP contribution is -1.90. The van der Waals surface area contributed by atoms with Crippen LogP contribution in [0.2, 0.25) is 0 Å². The van der Waals surface area contributed by atoms with Gasteiger partial charge in [0.1, 0.15) is 0 Å². The number of aliphatic hydroxyl groups excluding tert-OH is 1. The average Bonchev–Trinajstić information content (AvgIpc) is 2.62. The lowest BCUT2D eigenvalue weighted by atomic mass is 10.1. The molecule has 0 radical (unpaired) electrons. The van der Waals surface area contributed by atoms with Crippen LogP contribution < -0.4 is 0 Å². The van der Waals surface area contributed by atoms with Gasteiger partial charge in [0, 0.05) is 17.9 Å². The number of thiazole rings is 1. The van der Waals surface area contributed by atoms with Crippen molar-refractivity contribution >= 4 is 23.6 Å². The number of aromatic amines is 1. The SMILES string of the molecule is OCCc1sc(=S)[nH]c1-c1ccccc1. The number of aromatic nitrogens is 1. The van der Waals surface area contributed by atoms with E-state index in [1.54, 1.807) is 0 Å². The molecule has 1 aromatic heterocycles. The molecule has 0 aliphatic rings. The monoisotopic (exact) mass is 237 g/mol. The molecule has 0 fully saturated rings. The van der Waals surface area contributed by atoms with Crippen LogP contribution in [-0.2, 0) is 6.42 Å². The molecule has 2 aromatic rings. The topological polar surface area (TPSA) is 36.0 Å². The van der Waals surface area contributed by atoms with Gasteiger partial charge in [-0.05, 0) is 17.8 Å². The molecule has 15 heavy (non-hydrogen) atoms. The summed E-state index contributed by atoms with van der Waals surface area (Å²) in [6.07, 6.45) is 0.655. The van der Waals surface area contributed by atoms with Gasteiger partial charge in [0.05, 0.1) is 5.69 Å². The fourth-order valence-electron chi connectivity index (χ4n) is 1.48. The zero-order valence-electron chi connectivity index (χ0n) is 8.06. The highest BCUT2D eigenvalue weighted by Crippen LogP contribution is 2.26. The average molecular weight is 237 g/mol. The standard InChI is InChI=1S/C11H11NOS2/c13-7-6-9-10(12-11(14)15-9)8-4-2-1-3-5-8/h1-5,13H,6-7H2,(H,12,14). The van der Waals surface area contributed by atoms with Crippen LogP contribution in [0.15, 0.2) is 30.3 Å². The molecule has 0 aliphatic carbocycles. The molecule has 0 spiro atoms. The quantitative estimate of drug-likeness (QED) is 0.805. The van der Waals surface area contributed by atoms with Gasteiger partial charge in [-0.2, -0.15) is 0 Å². The van der Waals surface area contributed by atoms with Crippen LogP contribution >= 0.6 is 23.6 Å². The Kier molecular flexibility index (Phi) is 3.30. The first kappa shape index (κ1) is 10.5. The second kappa shape index (κ2) is 4.70. The highest BCUT2D eigenvalue weighted by Gasteiger charge is 2.07. The molecule has 0 aliphatic heterocycles. The fraction of sp³-hybridized carbons (Fsp3) is 0.182. The van der Waals surface area contributed by atoms with Crippen LogP contribution in [0, 0.1) is 3.95 Å². The largest absolute Gasteiger partial charge is 0.396 e. The molecule has 2 nitrogen and oxygen atoms in total. The number of hydrogen-bond acceptors (Lipinski definition) is 3. The normalized spacial score (nSPS) is 10.5. The van der Waals surface area contributed by atoms with Crippen molar-refractivity contribution in [1.29, 1.82) is 0 Å². The Balaban J connectivity index is 2.48. The van der Waals surface area contributed by atoms with Crippen LogP contribution in [0.1, 0.15) is 4.88 Å². The maximum atomic E-state index is 8.96. The van der Waals surface area contributed by atoms with Crippen LogP contribution in [0.25, 0.3) is 11.3 Å². The van der Waals surface area contributed by atoms with E-state index in [1.165, 1.54) is 11.3 Å². The third-order valence-corrected chi connectivity index (χ3v) is 3.42. The Hall–Kier alpha value is -0.970. The van der Waals surface area contributed by atoms with E-state index in [-0.39, 0.29) is 6.61 Å². The summed E-state index contributed by atoms with van der Waals surface area (Å²) >= 11 is 6.65. The Morgan fingerprint density at radius 3 is 2.67 bits per heavy atom. The molecule has 0 amide bonds. The van der Waals surface area contributed by atoms with Gasteiger partial charge < -0.3 is 10.1 Å². The van der Waals surface area contributed by atoms with E-state index >= 15 is 0 Å². The molecular formula is C11H11NOS2. The molecule has 0 bridgehead atoms. The van der Waals surface area contributed by atoms with E-state index in [0.717, 1.165) is 20.1 Å². The van der Waals surface area contributed by atoms with Gasteiger partial charge in [0.25, 0.3) is 0 Å². The van der Waals surface area contributed by atoms with Crippen LogP contribution in [0.5, 0.6) is 0 Å². The minimum atomic E-state index is 0.156. The summed E-state index contributed by atoms with van der Waals surface area (Å²) in [7, 11) is 0. The van der Waals surface area contributed by atoms with E-state index in [1.807, 2.05) is 30.3 Å². The summed E-state index contributed by atoms with van der Waals surface area (Å²) in [4.78, 5) is 4.29. The van der Waals surface area contributed by atoms with Crippen molar-refractivity contribution in [3.05, 3.63) is 39.2 Å². The second-order valence-corrected chi connectivity index (χ2v) is 4.92. The summed E-state index contributed by atoms with van der Waals surface area (Å²) < 4.78 is 0.761. The van der Waals surface area contributed by atoms with Gasteiger partial charge in [-0.3, -0.25) is 0 Å². The highest BCUT2D eigenvalue weighted by molar-refractivity contribution is 7.73. The predicted molar refractivity (Wildman–Crippen MR) is 65.7 cm³/mol. The van der Waals surface area contributed by atoms with E-state index in [9.17, 15) is 0 Å². The Morgan fingerprint density at radius 1 is 1.27 bits per heavy atom. The van der Waals surface area contributed by atoms with Gasteiger partial charge >= 0.3 is 0 Å². The van der Waals surface area contributed by atoms with Gasteiger partial charge in [-0.25, -0.2) is 0 Å². The van der Waals surface area contributed by atoms with E-state index in [4.69, 9.17) is 17.3 Å². The molecule has 2 rings (SSSR count). The van der Waals surface area contributed by atoms with Crippen molar-refractivity contribution in [2.24, 2.45) is 0 Å². The molecule has 2 N–H and O–H groups in total. The van der Waals surface area contributed by atoms with Gasteiger partial charge in [-0.15, -0.1) is 11.3 Å². The maximum Gasteiger partial charge on any atom is 0.159 e. The van der Waals surface area contributed by atoms with Crippen LogP contribution in [-0.4, -0.2) is 16.7 Å². The lowest BCUT2D eigenvalue weighted by Gasteiger charge is -2.00. The number of aliphatic hydroxyl groups is 1. The first-order chi connectivity index (χ1) is 7.31. The molecule has 78 valence electrons. The smallest absolute Gasteiger partial charge is 0.159 e. The van der Waals surface area contributed by atoms with Crippen LogP contribution in [0.4, 0.5) is 0 Å². The van der Waals surface area contributed by atoms with Crippen molar-refractivity contribution in [2.45, 2.75) is 6.42 Å². The summed E-state index contributed by atoms with van der Waals surface area (Å²) in [5.41, 5.74) is 2.16. The number of nitrogens with one attached hydrogen (secondary N) is 1. The third kappa shape index (κ3) is 2.34. The Morgan fingerprint density at radius 2 is 2.00 bits per heavy atom. The second-order valence-electron chi connectivity index (χ2n) is 3.15. The van der Waals surface area contributed by atoms with Gasteiger partial charge in [-0.1, -0.05) is 30.3 Å². The van der Waals surface area contributed by atoms with E-state index < -0.39 is 0 Å². The molecule has 0 saturated heterocycles. The molecule has 1 heterocycles. The maximum absolute atomic E-state index is 8.96. The number of hydrogen-bond donors (Lipinski definition) is 2. The predicted octanol–water partition coefficient (Wildman–Crippen LogP) is 3.01. The van der Waals surface area contributed by atoms with E-state index in [2.05, 4.69) is 4.98 Å². The van der Waals surface area contributed by atoms with E-state index in [0.29, 0.717) is 6.42 Å². The van der Waals surface area contributed by atoms with Crippen molar-refractivity contribution < 1.29 is 5.11 Å². The number of benzene rings is 1. The number of H-pyrrole nitrogens is 1. The molecule has 4 heteroatoms. The number of rotatable bonds is 3. The Labute approximate surface area is 97.2 Å². The zero-order chi connectivity index (χ0) is 10.7. The lowest BCUT2D eigenvalue weighted by molar-refractivity contribution is 0.300. The van der Waals surface area contributed by atoms with Gasteiger partial charge in [0.2, 0.25) is 0 Å².